The lowest BCUT2D eigenvalue weighted by molar-refractivity contribution is -0.168. The van der Waals surface area contributed by atoms with Crippen LogP contribution in [0.3, 0.4) is 0 Å². The Hall–Kier alpha value is -3.18. The average molecular weight is 591 g/mol. The molecular weight excluding hydrogens is 544 g/mol. The molecule has 1 aromatic rings. The van der Waals surface area contributed by atoms with Gasteiger partial charge in [0.05, 0.1) is 37.5 Å². The van der Waals surface area contributed by atoms with Gasteiger partial charge in [-0.15, -0.1) is 0 Å². The molecule has 0 saturated carbocycles. The number of hydrogen-bond donors (Lipinski definition) is 1. The lowest BCUT2D eigenvalue weighted by Crippen LogP contribution is -2.41. The van der Waals surface area contributed by atoms with Crippen molar-refractivity contribution >= 4 is 24.1 Å². The van der Waals surface area contributed by atoms with Crippen molar-refractivity contribution in [1.82, 2.24) is 10.3 Å². The summed E-state index contributed by atoms with van der Waals surface area (Å²) in [5.41, 5.74) is 0.745. The quantitative estimate of drug-likeness (QED) is 0.215. The van der Waals surface area contributed by atoms with E-state index in [1.807, 2.05) is 0 Å². The lowest BCUT2D eigenvalue weighted by atomic mass is 9.89. The Morgan fingerprint density at radius 3 is 2.67 bits per heavy atom. The molecule has 3 unspecified atom stereocenters. The van der Waals surface area contributed by atoms with Gasteiger partial charge in [-0.2, -0.15) is 0 Å². The summed E-state index contributed by atoms with van der Waals surface area (Å²) in [6.07, 6.45) is 13.1. The number of alkyl carbamates (subject to hydrolysis) is 1. The van der Waals surface area contributed by atoms with E-state index < -0.39 is 12.1 Å². The minimum Gasteiger partial charge on any atom is -0.462 e. The van der Waals surface area contributed by atoms with Crippen LogP contribution in [0, 0.1) is 5.92 Å². The number of nitrogens with zero attached hydrogens (tertiary/aromatic N) is 1. The number of aryl methyl sites for hydroxylation is 1. The number of hydrogen-bond acceptors (Lipinski definition) is 10. The number of carbonyl (C=O) groups is 3. The smallest absolute Gasteiger partial charge is 0.407 e. The maximum atomic E-state index is 12.8. The minimum atomic E-state index is -0.513. The van der Waals surface area contributed by atoms with Crippen molar-refractivity contribution in [1.29, 1.82) is 0 Å². The lowest BCUT2D eigenvalue weighted by Gasteiger charge is -2.37. The molecule has 1 N–H and O–H groups in total. The first kappa shape index (κ1) is 33.3. The number of rotatable bonds is 11. The summed E-state index contributed by atoms with van der Waals surface area (Å²) in [5.74, 6) is 0.0697. The summed E-state index contributed by atoms with van der Waals surface area (Å²) in [5, 5.41) is 2.53. The zero-order valence-electron chi connectivity index (χ0n) is 25.3. The molecule has 0 spiro atoms. The maximum absolute atomic E-state index is 12.8. The van der Waals surface area contributed by atoms with Gasteiger partial charge in [0.2, 0.25) is 5.89 Å². The molecule has 2 saturated heterocycles. The van der Waals surface area contributed by atoms with Gasteiger partial charge in [0.25, 0.3) is 0 Å². The molecule has 1 aromatic heterocycles. The standard InChI is InChI=1S/C31H46N2O9/c1-5-9-23-16-24(37-3)14-21(2)15-25-17-26(18-27(40-25)19-30(35)41-23)42-29(34)12-7-6-10-22-20-39-28(33-22)11-8-13-32-31(36)38-4/h7-8,11-12,20-21,23-27H,5-6,9-10,13-19H2,1-4H3,(H,32,36)/b11-8-,12-7-/t21-,23?,24+,25-,26?,27?/m1/s1. The molecule has 3 heterocycles. The number of amides is 1. The van der Waals surface area contributed by atoms with Crippen LogP contribution in [0.5, 0.6) is 0 Å². The van der Waals surface area contributed by atoms with E-state index in [1.165, 1.54) is 13.2 Å². The van der Waals surface area contributed by atoms with Crippen molar-refractivity contribution in [2.24, 2.45) is 5.92 Å². The van der Waals surface area contributed by atoms with Crippen LogP contribution >= 0.6 is 0 Å². The van der Waals surface area contributed by atoms with E-state index in [4.69, 9.17) is 23.4 Å². The van der Waals surface area contributed by atoms with Crippen molar-refractivity contribution in [3.05, 3.63) is 36.1 Å². The summed E-state index contributed by atoms with van der Waals surface area (Å²) in [6.45, 7) is 4.56. The number of fused-ring (bicyclic) bond motifs is 2. The molecule has 11 nitrogen and oxygen atoms in total. The Labute approximate surface area is 248 Å². The Bertz CT molecular complexity index is 1050. The summed E-state index contributed by atoms with van der Waals surface area (Å²) in [7, 11) is 3.01. The molecule has 2 bridgehead atoms. The van der Waals surface area contributed by atoms with Crippen LogP contribution in [0.25, 0.3) is 6.08 Å². The fourth-order valence-corrected chi connectivity index (χ4v) is 5.49. The molecule has 6 atom stereocenters. The number of cyclic esters (lactones) is 1. The molecule has 1 amide bonds. The van der Waals surface area contributed by atoms with E-state index in [9.17, 15) is 14.4 Å². The summed E-state index contributed by atoms with van der Waals surface area (Å²) in [6, 6.07) is 0. The van der Waals surface area contributed by atoms with Gasteiger partial charge in [0, 0.05) is 39.0 Å². The van der Waals surface area contributed by atoms with Crippen molar-refractivity contribution in [3.8, 4) is 0 Å². The van der Waals surface area contributed by atoms with Crippen LogP contribution in [0.1, 0.15) is 83.2 Å². The largest absolute Gasteiger partial charge is 0.462 e. The number of carbonyl (C=O) groups excluding carboxylic acids is 3. The first-order chi connectivity index (χ1) is 20.3. The van der Waals surface area contributed by atoms with Gasteiger partial charge < -0.3 is 33.4 Å². The number of aromatic nitrogens is 1. The van der Waals surface area contributed by atoms with E-state index in [1.54, 1.807) is 31.6 Å². The van der Waals surface area contributed by atoms with Gasteiger partial charge in [-0.25, -0.2) is 14.6 Å². The number of esters is 2. The third-order valence-corrected chi connectivity index (χ3v) is 7.41. The topological polar surface area (TPSA) is 135 Å². The van der Waals surface area contributed by atoms with Gasteiger partial charge in [0.1, 0.15) is 18.5 Å². The molecule has 11 heteroatoms. The van der Waals surface area contributed by atoms with Crippen molar-refractivity contribution in [2.75, 3.05) is 20.8 Å². The average Bonchev–Trinajstić information content (AvgIpc) is 3.39. The van der Waals surface area contributed by atoms with Gasteiger partial charge >= 0.3 is 18.0 Å². The van der Waals surface area contributed by atoms with Crippen LogP contribution in [0.2, 0.25) is 0 Å². The predicted octanol–water partition coefficient (Wildman–Crippen LogP) is 4.93. The molecule has 0 aliphatic carbocycles. The zero-order valence-corrected chi connectivity index (χ0v) is 25.3. The SMILES string of the molecule is CCCC1C[C@@H](OC)C[C@@H](C)C[C@@H]2CC(OC(=O)/C=C\CCc3coc(/C=C\CNC(=O)OC)n3)CC(CC(=O)O1)O2. The minimum absolute atomic E-state index is 0.0116. The highest BCUT2D eigenvalue weighted by Crippen LogP contribution is 2.31. The summed E-state index contributed by atoms with van der Waals surface area (Å²) >= 11 is 0. The number of ether oxygens (including phenoxy) is 5. The Kier molecular flexibility index (Phi) is 14.0. The highest BCUT2D eigenvalue weighted by atomic mass is 16.6. The van der Waals surface area contributed by atoms with Gasteiger partial charge in [-0.3, -0.25) is 4.79 Å². The highest BCUT2D eigenvalue weighted by Gasteiger charge is 2.35. The molecule has 3 rings (SSSR count). The fraction of sp³-hybridized carbons (Fsp3) is 0.677. The van der Waals surface area contributed by atoms with Crippen molar-refractivity contribution in [2.45, 2.75) is 109 Å². The zero-order chi connectivity index (χ0) is 30.3. The molecule has 2 fully saturated rings. The number of nitrogens with one attached hydrogen (secondary N) is 1. The Morgan fingerprint density at radius 2 is 1.90 bits per heavy atom. The molecule has 0 radical (unpaired) electrons. The van der Waals surface area contributed by atoms with Gasteiger partial charge in [-0.05, 0) is 44.1 Å². The first-order valence-corrected chi connectivity index (χ1v) is 15.0. The number of oxazole rings is 1. The van der Waals surface area contributed by atoms with Crippen LogP contribution in [0.4, 0.5) is 4.79 Å². The van der Waals surface area contributed by atoms with E-state index in [0.29, 0.717) is 50.5 Å². The molecule has 2 aliphatic rings. The second kappa shape index (κ2) is 17.7. The molecule has 42 heavy (non-hydrogen) atoms. The van der Waals surface area contributed by atoms with Gasteiger partial charge in [0.15, 0.2) is 0 Å². The van der Waals surface area contributed by atoms with Gasteiger partial charge in [-0.1, -0.05) is 32.4 Å². The third kappa shape index (κ3) is 12.0. The number of methoxy groups -OCH3 is 2. The second-order valence-electron chi connectivity index (χ2n) is 11.1. The van der Waals surface area contributed by atoms with Crippen molar-refractivity contribution < 1.29 is 42.5 Å². The summed E-state index contributed by atoms with van der Waals surface area (Å²) in [4.78, 5) is 40.8. The molecule has 234 valence electrons. The van der Waals surface area contributed by atoms with Crippen LogP contribution in [-0.4, -0.2) is 74.3 Å². The molecule has 2 aliphatic heterocycles. The van der Waals surface area contributed by atoms with Crippen LogP contribution in [-0.2, 0) is 39.7 Å². The first-order valence-electron chi connectivity index (χ1n) is 15.0. The van der Waals surface area contributed by atoms with E-state index in [0.717, 1.165) is 31.4 Å². The highest BCUT2D eigenvalue weighted by molar-refractivity contribution is 5.82. The Morgan fingerprint density at radius 1 is 1.10 bits per heavy atom. The van der Waals surface area contributed by atoms with Crippen LogP contribution in [0.15, 0.2) is 28.9 Å². The predicted molar refractivity (Wildman–Crippen MR) is 154 cm³/mol. The monoisotopic (exact) mass is 590 g/mol. The second-order valence-corrected chi connectivity index (χ2v) is 11.1. The summed E-state index contributed by atoms with van der Waals surface area (Å²) < 4.78 is 33.5. The molecule has 0 aromatic carbocycles. The molecular formula is C31H46N2O9. The Balaban J connectivity index is 1.49. The fourth-order valence-electron chi connectivity index (χ4n) is 5.49. The number of allylic oxidation sites excluding steroid dienone is 1. The van der Waals surface area contributed by atoms with E-state index in [2.05, 4.69) is 28.9 Å². The van der Waals surface area contributed by atoms with Crippen LogP contribution < -0.4 is 5.32 Å². The maximum Gasteiger partial charge on any atom is 0.407 e. The third-order valence-electron chi connectivity index (χ3n) is 7.41. The van der Waals surface area contributed by atoms with Crippen molar-refractivity contribution in [3.63, 3.8) is 0 Å². The van der Waals surface area contributed by atoms with E-state index in [-0.39, 0.29) is 42.9 Å². The van der Waals surface area contributed by atoms with E-state index >= 15 is 0 Å². The normalized spacial score (nSPS) is 27.2.